The molecule has 0 aromatic heterocycles. The van der Waals surface area contributed by atoms with E-state index in [9.17, 15) is 38.5 Å². The molecular formula is C16H15N3O8S. The Morgan fingerprint density at radius 1 is 1.07 bits per heavy atom. The van der Waals surface area contributed by atoms with E-state index in [-0.39, 0.29) is 16.9 Å². The van der Waals surface area contributed by atoms with Crippen LogP contribution in [0.1, 0.15) is 12.5 Å². The van der Waals surface area contributed by atoms with Crippen LogP contribution in [0.4, 0.5) is 17.1 Å². The number of sulfonamides is 1. The lowest BCUT2D eigenvalue weighted by molar-refractivity contribution is -0.385. The molecule has 0 radical (unpaired) electrons. The fourth-order valence-electron chi connectivity index (χ4n) is 2.52. The highest BCUT2D eigenvalue weighted by Gasteiger charge is 2.35. The average molecular weight is 409 g/mol. The minimum Gasteiger partial charge on any atom is -0.480 e. The molecule has 28 heavy (non-hydrogen) atoms. The molecule has 2 aromatic carbocycles. The zero-order chi connectivity index (χ0) is 21.2. The molecule has 0 heterocycles. The number of rotatable bonds is 7. The summed E-state index contributed by atoms with van der Waals surface area (Å²) in [5, 5.41) is 31.2. The van der Waals surface area contributed by atoms with Crippen molar-refractivity contribution in [1.82, 2.24) is 0 Å². The largest absolute Gasteiger partial charge is 0.480 e. The fourth-order valence-corrected chi connectivity index (χ4v) is 4.24. The number of anilines is 1. The van der Waals surface area contributed by atoms with E-state index >= 15 is 0 Å². The van der Waals surface area contributed by atoms with Crippen molar-refractivity contribution in [3.63, 3.8) is 0 Å². The molecule has 0 amide bonds. The van der Waals surface area contributed by atoms with Gasteiger partial charge in [-0.1, -0.05) is 6.07 Å². The van der Waals surface area contributed by atoms with Crippen LogP contribution in [-0.2, 0) is 14.8 Å². The topological polar surface area (TPSA) is 161 Å². The summed E-state index contributed by atoms with van der Waals surface area (Å²) >= 11 is 0. The standard InChI is InChI=1S/C16H15N3O8S/c1-10-8-13(19(24)25)6-7-15(10)17(11(2)16(20)21)28(26,27)14-5-3-4-12(9-14)18(22)23/h3-9,11H,1-2H3,(H,20,21). The van der Waals surface area contributed by atoms with E-state index in [1.165, 1.54) is 6.92 Å². The van der Waals surface area contributed by atoms with Gasteiger partial charge in [0.05, 0.1) is 20.4 Å². The van der Waals surface area contributed by atoms with Crippen LogP contribution >= 0.6 is 0 Å². The van der Waals surface area contributed by atoms with Gasteiger partial charge in [-0.2, -0.15) is 0 Å². The van der Waals surface area contributed by atoms with Gasteiger partial charge in [-0.15, -0.1) is 0 Å². The van der Waals surface area contributed by atoms with Crippen LogP contribution < -0.4 is 4.31 Å². The highest BCUT2D eigenvalue weighted by Crippen LogP contribution is 2.32. The summed E-state index contributed by atoms with van der Waals surface area (Å²) in [6, 6.07) is 5.89. The summed E-state index contributed by atoms with van der Waals surface area (Å²) in [5.74, 6) is -1.47. The normalized spacial score (nSPS) is 12.2. The lowest BCUT2D eigenvalue weighted by Gasteiger charge is -2.29. The molecule has 11 nitrogen and oxygen atoms in total. The smallest absolute Gasteiger partial charge is 0.327 e. The Morgan fingerprint density at radius 3 is 2.14 bits per heavy atom. The van der Waals surface area contributed by atoms with Gasteiger partial charge in [0.1, 0.15) is 6.04 Å². The van der Waals surface area contributed by atoms with Crippen LogP contribution in [-0.4, -0.2) is 35.4 Å². The molecule has 0 fully saturated rings. The van der Waals surface area contributed by atoms with Crippen LogP contribution in [0, 0.1) is 27.2 Å². The van der Waals surface area contributed by atoms with Gasteiger partial charge in [-0.25, -0.2) is 13.2 Å². The number of carbonyl (C=O) groups is 1. The van der Waals surface area contributed by atoms with E-state index in [2.05, 4.69) is 0 Å². The maximum Gasteiger partial charge on any atom is 0.327 e. The molecule has 0 saturated heterocycles. The lowest BCUT2D eigenvalue weighted by atomic mass is 10.1. The van der Waals surface area contributed by atoms with Crippen molar-refractivity contribution < 1.29 is 28.2 Å². The van der Waals surface area contributed by atoms with Gasteiger partial charge in [0.15, 0.2) is 0 Å². The molecule has 2 rings (SSSR count). The minimum absolute atomic E-state index is 0.0907. The highest BCUT2D eigenvalue weighted by atomic mass is 32.2. The number of nitrogens with zero attached hydrogens (tertiary/aromatic N) is 3. The summed E-state index contributed by atoms with van der Waals surface area (Å²) in [4.78, 5) is 31.5. The molecule has 0 aliphatic carbocycles. The zero-order valence-corrected chi connectivity index (χ0v) is 15.5. The number of aliphatic carboxylic acids is 1. The second-order valence-corrected chi connectivity index (χ2v) is 7.61. The van der Waals surface area contributed by atoms with Gasteiger partial charge in [-0.3, -0.25) is 24.5 Å². The van der Waals surface area contributed by atoms with E-state index in [1.807, 2.05) is 0 Å². The predicted molar refractivity (Wildman–Crippen MR) is 97.7 cm³/mol. The second-order valence-electron chi connectivity index (χ2n) is 5.80. The minimum atomic E-state index is -4.53. The van der Waals surface area contributed by atoms with Crippen molar-refractivity contribution in [2.75, 3.05) is 4.31 Å². The third-order valence-corrected chi connectivity index (χ3v) is 5.80. The van der Waals surface area contributed by atoms with Gasteiger partial charge in [0.2, 0.25) is 0 Å². The van der Waals surface area contributed by atoms with Crippen molar-refractivity contribution in [2.45, 2.75) is 24.8 Å². The molecule has 0 spiro atoms. The molecule has 0 bridgehead atoms. The van der Waals surface area contributed by atoms with Crippen LogP contribution in [0.2, 0.25) is 0 Å². The lowest BCUT2D eigenvalue weighted by Crippen LogP contribution is -2.43. The Bertz CT molecular complexity index is 1070. The van der Waals surface area contributed by atoms with Crippen LogP contribution in [0.25, 0.3) is 0 Å². The van der Waals surface area contributed by atoms with E-state index < -0.39 is 42.5 Å². The van der Waals surface area contributed by atoms with Gasteiger partial charge in [-0.05, 0) is 31.5 Å². The number of hydrogen-bond acceptors (Lipinski definition) is 7. The summed E-state index contributed by atoms with van der Waals surface area (Å²) in [5.41, 5.74) is -0.718. The molecule has 0 saturated carbocycles. The molecule has 0 aliphatic rings. The number of aryl methyl sites for hydroxylation is 1. The number of non-ortho nitro benzene ring substituents is 2. The first-order chi connectivity index (χ1) is 13.0. The first kappa shape index (κ1) is 20.8. The van der Waals surface area contributed by atoms with Crippen molar-refractivity contribution in [1.29, 1.82) is 0 Å². The molecule has 1 unspecified atom stereocenters. The maximum absolute atomic E-state index is 13.1. The van der Waals surface area contributed by atoms with Gasteiger partial charge < -0.3 is 5.11 Å². The van der Waals surface area contributed by atoms with Crippen molar-refractivity contribution in [3.8, 4) is 0 Å². The molecular weight excluding hydrogens is 394 g/mol. The number of carboxylic acids is 1. The SMILES string of the molecule is Cc1cc([N+](=O)[O-])ccc1N(C(C)C(=O)O)S(=O)(=O)c1cccc([N+](=O)[O-])c1. The van der Waals surface area contributed by atoms with Crippen LogP contribution in [0.15, 0.2) is 47.4 Å². The zero-order valence-electron chi connectivity index (χ0n) is 14.7. The Kier molecular flexibility index (Phi) is 5.64. The van der Waals surface area contributed by atoms with E-state index in [0.29, 0.717) is 4.31 Å². The summed E-state index contributed by atoms with van der Waals surface area (Å²) < 4.78 is 26.8. The number of nitro groups is 2. The van der Waals surface area contributed by atoms with E-state index in [4.69, 9.17) is 0 Å². The first-order valence-corrected chi connectivity index (χ1v) is 9.17. The quantitative estimate of drug-likeness (QED) is 0.539. The first-order valence-electron chi connectivity index (χ1n) is 7.73. The number of nitro benzene ring substituents is 2. The summed E-state index contributed by atoms with van der Waals surface area (Å²) in [6.45, 7) is 2.52. The predicted octanol–water partition coefficient (Wildman–Crippen LogP) is 2.48. The van der Waals surface area contributed by atoms with Gasteiger partial charge in [0, 0.05) is 24.3 Å². The molecule has 1 atom stereocenters. The third-order valence-electron chi connectivity index (χ3n) is 3.92. The van der Waals surface area contributed by atoms with Gasteiger partial charge >= 0.3 is 5.97 Å². The van der Waals surface area contributed by atoms with E-state index in [0.717, 1.165) is 49.4 Å². The third kappa shape index (κ3) is 3.91. The Labute approximate surface area is 159 Å². The molecule has 1 N–H and O–H groups in total. The summed E-state index contributed by atoms with van der Waals surface area (Å²) in [6.07, 6.45) is 0. The maximum atomic E-state index is 13.1. The molecule has 0 aliphatic heterocycles. The molecule has 2 aromatic rings. The Hall–Kier alpha value is -3.54. The van der Waals surface area contributed by atoms with Gasteiger partial charge in [0.25, 0.3) is 21.4 Å². The number of benzene rings is 2. The molecule has 148 valence electrons. The monoisotopic (exact) mass is 409 g/mol. The number of carboxylic acid groups (broad SMARTS) is 1. The van der Waals surface area contributed by atoms with Crippen LogP contribution in [0.3, 0.4) is 0 Å². The molecule has 12 heteroatoms. The fraction of sp³-hybridized carbons (Fsp3) is 0.188. The average Bonchev–Trinajstić information content (AvgIpc) is 2.62. The van der Waals surface area contributed by atoms with Crippen molar-refractivity contribution in [2.24, 2.45) is 0 Å². The summed E-state index contributed by atoms with van der Waals surface area (Å²) in [7, 11) is -4.53. The Morgan fingerprint density at radius 2 is 1.64 bits per heavy atom. The van der Waals surface area contributed by atoms with Crippen LogP contribution in [0.5, 0.6) is 0 Å². The van der Waals surface area contributed by atoms with E-state index in [1.54, 1.807) is 0 Å². The van der Waals surface area contributed by atoms with Crippen molar-refractivity contribution >= 4 is 33.1 Å². The van der Waals surface area contributed by atoms with Crippen molar-refractivity contribution in [3.05, 3.63) is 68.3 Å². The second kappa shape index (κ2) is 7.60. The Balaban J connectivity index is 2.70. The number of hydrogen-bond donors (Lipinski definition) is 1. The highest BCUT2D eigenvalue weighted by molar-refractivity contribution is 7.93.